The third kappa shape index (κ3) is 1.71. The molecule has 7 nitrogen and oxygen atoms in total. The summed E-state index contributed by atoms with van der Waals surface area (Å²) in [6.45, 7) is 1.72. The molecule has 2 N–H and O–H groups in total. The number of aromatic amines is 2. The number of fused-ring (bicyclic) bond motifs is 1. The third-order valence-electron chi connectivity index (χ3n) is 2.86. The van der Waals surface area contributed by atoms with E-state index in [0.717, 1.165) is 10.6 Å². The van der Waals surface area contributed by atoms with Crippen LogP contribution in [0.5, 0.6) is 0 Å². The fraction of sp³-hybridized carbons (Fsp3) is 0.0909. The number of pyridine rings is 1. The van der Waals surface area contributed by atoms with Crippen LogP contribution in [0.4, 0.5) is 4.39 Å². The highest BCUT2D eigenvalue weighted by Gasteiger charge is 2.12. The van der Waals surface area contributed by atoms with Crippen LogP contribution in [-0.4, -0.2) is 24.4 Å². The van der Waals surface area contributed by atoms with Crippen molar-refractivity contribution in [2.75, 3.05) is 0 Å². The zero-order valence-electron chi connectivity index (χ0n) is 10.2. The second kappa shape index (κ2) is 4.23. The Morgan fingerprint density at radius 2 is 2.15 bits per heavy atom. The van der Waals surface area contributed by atoms with E-state index < -0.39 is 16.9 Å². The summed E-state index contributed by atoms with van der Waals surface area (Å²) in [5.74, 6) is -0.992. The SMILES string of the molecule is Cc1cnn2[nH]c(=S)n(-c3c[nH]c(=O)c(F)c3)c(=O)c12. The number of nitrogens with zero attached hydrogens (tertiary/aromatic N) is 3. The summed E-state index contributed by atoms with van der Waals surface area (Å²) >= 11 is 5.07. The summed E-state index contributed by atoms with van der Waals surface area (Å²) in [6.07, 6.45) is 2.73. The Kier molecular flexibility index (Phi) is 2.64. The van der Waals surface area contributed by atoms with Crippen LogP contribution in [0.25, 0.3) is 11.2 Å². The largest absolute Gasteiger partial charge is 0.324 e. The Bertz CT molecular complexity index is 996. The minimum absolute atomic E-state index is 0.0389. The van der Waals surface area contributed by atoms with E-state index >= 15 is 0 Å². The van der Waals surface area contributed by atoms with Crippen LogP contribution < -0.4 is 11.1 Å². The number of aryl methyl sites for hydroxylation is 1. The van der Waals surface area contributed by atoms with E-state index in [1.807, 2.05) is 0 Å². The number of hydrogen-bond donors (Lipinski definition) is 2. The van der Waals surface area contributed by atoms with Crippen molar-refractivity contribution < 1.29 is 4.39 Å². The van der Waals surface area contributed by atoms with Gasteiger partial charge in [0.1, 0.15) is 0 Å². The quantitative estimate of drug-likeness (QED) is 0.646. The molecule has 20 heavy (non-hydrogen) atoms. The smallest absolute Gasteiger partial charge is 0.285 e. The van der Waals surface area contributed by atoms with Gasteiger partial charge >= 0.3 is 0 Å². The molecule has 0 aromatic carbocycles. The molecule has 0 spiro atoms. The Morgan fingerprint density at radius 3 is 2.85 bits per heavy atom. The summed E-state index contributed by atoms with van der Waals surface area (Å²) in [5, 5.41) is 6.68. The monoisotopic (exact) mass is 293 g/mol. The molecule has 3 aromatic rings. The van der Waals surface area contributed by atoms with Gasteiger partial charge in [-0.1, -0.05) is 0 Å². The molecule has 3 heterocycles. The highest BCUT2D eigenvalue weighted by Crippen LogP contribution is 2.07. The van der Waals surface area contributed by atoms with Gasteiger partial charge in [-0.15, -0.1) is 0 Å². The highest BCUT2D eigenvalue weighted by atomic mass is 32.1. The lowest BCUT2D eigenvalue weighted by atomic mass is 10.3. The van der Waals surface area contributed by atoms with Gasteiger partial charge in [0.25, 0.3) is 11.1 Å². The van der Waals surface area contributed by atoms with E-state index in [4.69, 9.17) is 12.2 Å². The summed E-state index contributed by atoms with van der Waals surface area (Å²) in [5.41, 5.74) is -0.227. The molecule has 0 saturated carbocycles. The molecule has 0 unspecified atom stereocenters. The van der Waals surface area contributed by atoms with Gasteiger partial charge in [0.15, 0.2) is 11.3 Å². The van der Waals surface area contributed by atoms with Gasteiger partial charge in [-0.25, -0.2) is 8.96 Å². The molecule has 0 bridgehead atoms. The predicted molar refractivity (Wildman–Crippen MR) is 71.3 cm³/mol. The lowest BCUT2D eigenvalue weighted by Crippen LogP contribution is -2.25. The molecule has 0 radical (unpaired) electrons. The number of hydrogen-bond acceptors (Lipinski definition) is 4. The van der Waals surface area contributed by atoms with Crippen LogP contribution >= 0.6 is 12.2 Å². The zero-order chi connectivity index (χ0) is 14.4. The molecule has 9 heteroatoms. The van der Waals surface area contributed by atoms with Gasteiger partial charge in [0, 0.05) is 17.8 Å². The third-order valence-corrected chi connectivity index (χ3v) is 3.14. The van der Waals surface area contributed by atoms with Crippen molar-refractivity contribution in [3.05, 3.63) is 55.3 Å². The molecule has 0 aliphatic heterocycles. The summed E-state index contributed by atoms with van der Waals surface area (Å²) in [6, 6.07) is 0.950. The topological polar surface area (TPSA) is 87.9 Å². The van der Waals surface area contributed by atoms with Gasteiger partial charge in [0.2, 0.25) is 4.77 Å². The Balaban J connectivity index is 2.44. The fourth-order valence-corrected chi connectivity index (χ4v) is 2.20. The Hall–Kier alpha value is -2.55. The lowest BCUT2D eigenvalue weighted by molar-refractivity contribution is 0.605. The number of halogens is 1. The maximum atomic E-state index is 13.3. The second-order valence-corrected chi connectivity index (χ2v) is 4.57. The molecule has 102 valence electrons. The number of aromatic nitrogens is 5. The molecule has 0 aliphatic carbocycles. The first-order chi connectivity index (χ1) is 9.49. The molecular weight excluding hydrogens is 285 g/mol. The van der Waals surface area contributed by atoms with Gasteiger partial charge < -0.3 is 4.98 Å². The van der Waals surface area contributed by atoms with Crippen molar-refractivity contribution >= 4 is 17.7 Å². The number of H-pyrrole nitrogens is 2. The minimum atomic E-state index is -0.992. The van der Waals surface area contributed by atoms with E-state index in [0.29, 0.717) is 11.1 Å². The molecular formula is C11H8FN5O2S. The molecule has 0 fully saturated rings. The van der Waals surface area contributed by atoms with Gasteiger partial charge in [0.05, 0.1) is 11.9 Å². The predicted octanol–water partition coefficient (Wildman–Crippen LogP) is 0.679. The van der Waals surface area contributed by atoms with E-state index in [9.17, 15) is 14.0 Å². The van der Waals surface area contributed by atoms with Crippen LogP contribution in [0, 0.1) is 17.5 Å². The molecule has 0 saturated heterocycles. The fourth-order valence-electron chi connectivity index (χ4n) is 1.92. The lowest BCUT2D eigenvalue weighted by Gasteiger charge is -2.06. The average Bonchev–Trinajstić information content (AvgIpc) is 2.75. The van der Waals surface area contributed by atoms with Crippen molar-refractivity contribution in [1.29, 1.82) is 0 Å². The maximum Gasteiger partial charge on any atom is 0.285 e. The first kappa shape index (κ1) is 12.5. The molecule has 0 aliphatic rings. The van der Waals surface area contributed by atoms with Crippen molar-refractivity contribution in [1.82, 2.24) is 24.4 Å². The maximum absolute atomic E-state index is 13.3. The molecule has 0 atom stereocenters. The first-order valence-electron chi connectivity index (χ1n) is 5.57. The number of nitrogens with one attached hydrogen (secondary N) is 2. The van der Waals surface area contributed by atoms with Gasteiger partial charge in [-0.2, -0.15) is 9.73 Å². The van der Waals surface area contributed by atoms with E-state index in [1.54, 1.807) is 6.92 Å². The standard InChI is InChI=1S/C11H8FN5O2S/c1-5-3-14-17-8(5)10(19)16(11(20)15-17)6-2-7(12)9(18)13-4-6/h2-4H,1H3,(H,13,18)(H,15,20). The van der Waals surface area contributed by atoms with Crippen molar-refractivity contribution in [2.24, 2.45) is 0 Å². The first-order valence-corrected chi connectivity index (χ1v) is 5.98. The zero-order valence-corrected chi connectivity index (χ0v) is 11.0. The highest BCUT2D eigenvalue weighted by molar-refractivity contribution is 7.71. The molecule has 3 rings (SSSR count). The van der Waals surface area contributed by atoms with E-state index in [-0.39, 0.29) is 10.5 Å². The Morgan fingerprint density at radius 1 is 1.40 bits per heavy atom. The van der Waals surface area contributed by atoms with Crippen molar-refractivity contribution in [2.45, 2.75) is 6.92 Å². The second-order valence-electron chi connectivity index (χ2n) is 4.18. The summed E-state index contributed by atoms with van der Waals surface area (Å²) < 4.78 is 15.7. The van der Waals surface area contributed by atoms with Crippen molar-refractivity contribution in [3.63, 3.8) is 0 Å². The van der Waals surface area contributed by atoms with Crippen LogP contribution in [-0.2, 0) is 0 Å². The van der Waals surface area contributed by atoms with Gasteiger partial charge in [-0.05, 0) is 19.1 Å². The van der Waals surface area contributed by atoms with Crippen LogP contribution in [0.15, 0.2) is 28.0 Å². The van der Waals surface area contributed by atoms with Crippen molar-refractivity contribution in [3.8, 4) is 5.69 Å². The Labute approximate surface area is 115 Å². The summed E-state index contributed by atoms with van der Waals surface area (Å²) in [7, 11) is 0. The average molecular weight is 293 g/mol. The van der Waals surface area contributed by atoms with Crippen LogP contribution in [0.1, 0.15) is 5.56 Å². The van der Waals surface area contributed by atoms with Crippen LogP contribution in [0.3, 0.4) is 0 Å². The van der Waals surface area contributed by atoms with E-state index in [2.05, 4.69) is 15.2 Å². The molecule has 3 aromatic heterocycles. The van der Waals surface area contributed by atoms with Gasteiger partial charge in [-0.3, -0.25) is 14.7 Å². The minimum Gasteiger partial charge on any atom is -0.324 e. The van der Waals surface area contributed by atoms with E-state index in [1.165, 1.54) is 17.0 Å². The molecule has 0 amide bonds. The normalized spacial score (nSPS) is 11.1. The van der Waals surface area contributed by atoms with Crippen LogP contribution in [0.2, 0.25) is 0 Å². The summed E-state index contributed by atoms with van der Waals surface area (Å²) in [4.78, 5) is 25.7. The number of rotatable bonds is 1.